The summed E-state index contributed by atoms with van der Waals surface area (Å²) in [5.74, 6) is -2.86. The van der Waals surface area contributed by atoms with E-state index in [-0.39, 0.29) is 16.4 Å². The Bertz CT molecular complexity index is 1230. The number of hydrogen-bond donors (Lipinski definition) is 2. The first kappa shape index (κ1) is 24.0. The predicted molar refractivity (Wildman–Crippen MR) is 129 cm³/mol. The normalized spacial score (nSPS) is 18.5. The van der Waals surface area contributed by atoms with E-state index in [4.69, 9.17) is 58.0 Å². The zero-order valence-corrected chi connectivity index (χ0v) is 20.2. The van der Waals surface area contributed by atoms with Gasteiger partial charge in [0.25, 0.3) is 5.91 Å². The highest BCUT2D eigenvalue weighted by Gasteiger charge is 2.67. The molecule has 0 saturated heterocycles. The summed E-state index contributed by atoms with van der Waals surface area (Å²) in [4.78, 5) is 29.0. The number of carbonyl (C=O) groups is 2. The average molecular weight is 548 g/mol. The molecule has 2 aromatic carbocycles. The molecule has 1 saturated carbocycles. The van der Waals surface area contributed by atoms with E-state index in [1.165, 1.54) is 18.2 Å². The molecule has 1 heterocycles. The van der Waals surface area contributed by atoms with Crippen LogP contribution in [0.4, 0.5) is 15.8 Å². The number of anilines is 2. The Morgan fingerprint density at radius 2 is 1.64 bits per heavy atom. The van der Waals surface area contributed by atoms with Gasteiger partial charge in [0.2, 0.25) is 5.91 Å². The van der Waals surface area contributed by atoms with Crippen molar-refractivity contribution in [3.63, 3.8) is 0 Å². The smallest absolute Gasteiger partial charge is 0.274 e. The van der Waals surface area contributed by atoms with Crippen LogP contribution in [0, 0.1) is 11.7 Å². The standard InChI is InChI=1S/C22H13Cl5FN3O2/c23-11-5-10(6-12(24)7-11)18-19(22(18,26)27)21(33)30-14-2-3-15(25)17(8-14)31-20(32)16-4-1-13(28)9-29-16/h1-9,18-19H,(H,30,33)(H,31,32)/t18-,19+/m0/s1. The van der Waals surface area contributed by atoms with Gasteiger partial charge in [-0.15, -0.1) is 23.2 Å². The van der Waals surface area contributed by atoms with Crippen molar-refractivity contribution >= 4 is 81.2 Å². The van der Waals surface area contributed by atoms with Crippen molar-refractivity contribution in [2.24, 2.45) is 5.92 Å². The van der Waals surface area contributed by atoms with Gasteiger partial charge in [-0.05, 0) is 54.1 Å². The summed E-state index contributed by atoms with van der Waals surface area (Å²) in [7, 11) is 0. The molecule has 0 spiro atoms. The Kier molecular flexibility index (Phi) is 6.76. The number of rotatable bonds is 5. The maximum absolute atomic E-state index is 13.0. The van der Waals surface area contributed by atoms with Crippen LogP contribution in [0.25, 0.3) is 0 Å². The summed E-state index contributed by atoms with van der Waals surface area (Å²) in [6, 6.07) is 11.8. The SMILES string of the molecule is O=C(Nc1cc(NC(=O)[C@H]2[C@H](c3cc(Cl)cc(Cl)c3)C2(Cl)Cl)ccc1Cl)c1ccc(F)cn1. The number of nitrogens with zero attached hydrogens (tertiary/aromatic N) is 1. The van der Waals surface area contributed by atoms with Crippen molar-refractivity contribution in [1.29, 1.82) is 0 Å². The average Bonchev–Trinajstić information content (AvgIpc) is 3.32. The summed E-state index contributed by atoms with van der Waals surface area (Å²) in [5.41, 5.74) is 1.22. The van der Waals surface area contributed by atoms with Gasteiger partial charge in [0, 0.05) is 21.7 Å². The molecule has 1 aliphatic carbocycles. The van der Waals surface area contributed by atoms with Crippen LogP contribution < -0.4 is 10.6 Å². The molecule has 2 N–H and O–H groups in total. The third-order valence-corrected chi connectivity index (χ3v) is 6.73. The molecule has 3 aromatic rings. The Hall–Kier alpha value is -2.09. The Morgan fingerprint density at radius 1 is 0.939 bits per heavy atom. The number of pyridine rings is 1. The van der Waals surface area contributed by atoms with Crippen LogP contribution in [0.1, 0.15) is 22.0 Å². The Morgan fingerprint density at radius 3 is 2.27 bits per heavy atom. The summed E-state index contributed by atoms with van der Waals surface area (Å²) in [6.45, 7) is 0. The van der Waals surface area contributed by atoms with E-state index < -0.39 is 33.8 Å². The Labute approximate surface area is 213 Å². The lowest BCUT2D eigenvalue weighted by atomic mass is 10.1. The summed E-state index contributed by atoms with van der Waals surface area (Å²) in [6.07, 6.45) is 0.927. The van der Waals surface area contributed by atoms with E-state index in [2.05, 4.69) is 15.6 Å². The highest BCUT2D eigenvalue weighted by molar-refractivity contribution is 6.53. The van der Waals surface area contributed by atoms with Crippen LogP contribution in [0.5, 0.6) is 0 Å². The van der Waals surface area contributed by atoms with Crippen LogP contribution in [0.15, 0.2) is 54.7 Å². The van der Waals surface area contributed by atoms with Gasteiger partial charge in [-0.3, -0.25) is 9.59 Å². The first-order valence-electron chi connectivity index (χ1n) is 9.43. The van der Waals surface area contributed by atoms with Gasteiger partial charge in [0.05, 0.1) is 22.8 Å². The minimum absolute atomic E-state index is 0.00280. The van der Waals surface area contributed by atoms with Gasteiger partial charge >= 0.3 is 0 Å². The number of aromatic nitrogens is 1. The fourth-order valence-electron chi connectivity index (χ4n) is 3.44. The first-order valence-corrected chi connectivity index (χ1v) is 11.3. The van der Waals surface area contributed by atoms with E-state index in [0.717, 1.165) is 12.3 Å². The molecule has 0 radical (unpaired) electrons. The number of benzene rings is 2. The molecule has 0 aliphatic heterocycles. The highest BCUT2D eigenvalue weighted by Crippen LogP contribution is 2.65. The minimum Gasteiger partial charge on any atom is -0.326 e. The molecule has 0 bridgehead atoms. The van der Waals surface area contributed by atoms with Gasteiger partial charge in [-0.1, -0.05) is 34.8 Å². The summed E-state index contributed by atoms with van der Waals surface area (Å²) < 4.78 is 11.7. The van der Waals surface area contributed by atoms with Crippen molar-refractivity contribution in [3.8, 4) is 0 Å². The van der Waals surface area contributed by atoms with Crippen molar-refractivity contribution in [3.05, 3.63) is 86.9 Å². The second-order valence-electron chi connectivity index (χ2n) is 7.33. The quantitative estimate of drug-likeness (QED) is 0.339. The molecule has 170 valence electrons. The number of nitrogens with one attached hydrogen (secondary N) is 2. The highest BCUT2D eigenvalue weighted by atomic mass is 35.5. The van der Waals surface area contributed by atoms with E-state index >= 15 is 0 Å². The second kappa shape index (κ2) is 9.28. The largest absolute Gasteiger partial charge is 0.326 e. The lowest BCUT2D eigenvalue weighted by Gasteiger charge is -2.11. The third kappa shape index (κ3) is 5.20. The maximum atomic E-state index is 13.0. The monoisotopic (exact) mass is 545 g/mol. The molecule has 0 unspecified atom stereocenters. The fourth-order valence-corrected chi connectivity index (χ4v) is 4.97. The lowest BCUT2D eigenvalue weighted by Crippen LogP contribution is -2.18. The van der Waals surface area contributed by atoms with E-state index in [1.54, 1.807) is 24.3 Å². The van der Waals surface area contributed by atoms with Crippen molar-refractivity contribution < 1.29 is 14.0 Å². The van der Waals surface area contributed by atoms with Crippen molar-refractivity contribution in [1.82, 2.24) is 4.98 Å². The van der Waals surface area contributed by atoms with E-state index in [9.17, 15) is 14.0 Å². The Balaban J connectivity index is 1.49. The molecule has 2 amide bonds. The number of amides is 2. The minimum atomic E-state index is -1.34. The van der Waals surface area contributed by atoms with Gasteiger partial charge in [0.15, 0.2) is 0 Å². The van der Waals surface area contributed by atoms with Gasteiger partial charge in [-0.2, -0.15) is 0 Å². The third-order valence-electron chi connectivity index (χ3n) is 5.02. The molecular formula is C22H13Cl5FN3O2. The number of hydrogen-bond acceptors (Lipinski definition) is 3. The van der Waals surface area contributed by atoms with E-state index in [1.807, 2.05) is 0 Å². The zero-order chi connectivity index (χ0) is 23.9. The molecule has 4 rings (SSSR count). The number of halogens is 6. The molecule has 5 nitrogen and oxygen atoms in total. The predicted octanol–water partition coefficient (Wildman–Crippen LogP) is 6.96. The van der Waals surface area contributed by atoms with Gasteiger partial charge < -0.3 is 10.6 Å². The number of alkyl halides is 2. The van der Waals surface area contributed by atoms with Crippen LogP contribution in [-0.4, -0.2) is 21.1 Å². The molecule has 1 aliphatic rings. The number of carbonyl (C=O) groups excluding carboxylic acids is 2. The van der Waals surface area contributed by atoms with Crippen LogP contribution in [-0.2, 0) is 4.79 Å². The van der Waals surface area contributed by atoms with Gasteiger partial charge in [0.1, 0.15) is 15.8 Å². The van der Waals surface area contributed by atoms with Crippen LogP contribution in [0.2, 0.25) is 15.1 Å². The first-order chi connectivity index (χ1) is 15.6. The topological polar surface area (TPSA) is 71.1 Å². The molecular weight excluding hydrogens is 535 g/mol. The zero-order valence-electron chi connectivity index (χ0n) is 16.4. The fraction of sp³-hybridized carbons (Fsp3) is 0.136. The molecule has 33 heavy (non-hydrogen) atoms. The molecule has 2 atom stereocenters. The molecule has 11 heteroatoms. The lowest BCUT2D eigenvalue weighted by molar-refractivity contribution is -0.117. The molecule has 1 fully saturated rings. The summed E-state index contributed by atoms with van der Waals surface area (Å²) in [5, 5.41) is 6.34. The van der Waals surface area contributed by atoms with Crippen LogP contribution >= 0.6 is 58.0 Å². The maximum Gasteiger partial charge on any atom is 0.274 e. The second-order valence-corrected chi connectivity index (χ2v) is 10.1. The van der Waals surface area contributed by atoms with Gasteiger partial charge in [-0.25, -0.2) is 9.37 Å². The van der Waals surface area contributed by atoms with Crippen molar-refractivity contribution in [2.75, 3.05) is 10.6 Å². The van der Waals surface area contributed by atoms with Crippen LogP contribution in [0.3, 0.4) is 0 Å². The van der Waals surface area contributed by atoms with Crippen molar-refractivity contribution in [2.45, 2.75) is 10.3 Å². The molecule has 1 aromatic heterocycles. The van der Waals surface area contributed by atoms with E-state index in [0.29, 0.717) is 21.3 Å². The summed E-state index contributed by atoms with van der Waals surface area (Å²) >= 11 is 31.0.